The quantitative estimate of drug-likeness (QED) is 0.270. The molecule has 11 heteroatoms. The molecule has 0 spiro atoms. The first-order valence-electron chi connectivity index (χ1n) is 13.7. The number of hydrogen-bond donors (Lipinski definition) is 1. The number of nitrogens with zero attached hydrogens (tertiary/aromatic N) is 4. The van der Waals surface area contributed by atoms with E-state index in [0.717, 1.165) is 12.8 Å². The van der Waals surface area contributed by atoms with Gasteiger partial charge in [-0.1, -0.05) is 35.5 Å². The third-order valence-electron chi connectivity index (χ3n) is 7.27. The molecule has 1 fully saturated rings. The molecule has 1 aromatic heterocycles. The van der Waals surface area contributed by atoms with Crippen molar-refractivity contribution in [1.82, 2.24) is 20.3 Å². The summed E-state index contributed by atoms with van der Waals surface area (Å²) >= 11 is 0. The molecule has 1 aliphatic rings. The van der Waals surface area contributed by atoms with Gasteiger partial charge in [-0.15, -0.1) is 5.10 Å². The molecule has 0 saturated carbocycles. The Morgan fingerprint density at radius 1 is 1.05 bits per heavy atom. The molecule has 0 unspecified atom stereocenters. The third-order valence-corrected chi connectivity index (χ3v) is 7.27. The predicted molar refractivity (Wildman–Crippen MR) is 156 cm³/mol. The minimum Gasteiger partial charge on any atom is -0.493 e. The summed E-state index contributed by atoms with van der Waals surface area (Å²) in [5.74, 6) is -0.294. The Balaban J connectivity index is 1.63. The van der Waals surface area contributed by atoms with Crippen molar-refractivity contribution in [3.8, 4) is 11.5 Å². The van der Waals surface area contributed by atoms with Gasteiger partial charge in [0.1, 0.15) is 18.1 Å². The van der Waals surface area contributed by atoms with Gasteiger partial charge in [0.05, 0.1) is 31.5 Å². The van der Waals surface area contributed by atoms with Crippen LogP contribution in [0, 0.1) is 0 Å². The number of Topliss-reactive ketones (excluding diaryl/α,β-unsaturated/α-hetero) is 1. The van der Waals surface area contributed by atoms with Crippen LogP contribution in [0.3, 0.4) is 0 Å². The highest BCUT2D eigenvalue weighted by Crippen LogP contribution is 2.36. The molecule has 1 aliphatic heterocycles. The van der Waals surface area contributed by atoms with Gasteiger partial charge in [0.25, 0.3) is 0 Å². The van der Waals surface area contributed by atoms with Gasteiger partial charge >= 0.3 is 0 Å². The highest BCUT2D eigenvalue weighted by atomic mass is 16.5. The lowest BCUT2D eigenvalue weighted by Crippen LogP contribution is -2.47. The number of nitrogens with one attached hydrogen (secondary N) is 1. The van der Waals surface area contributed by atoms with Crippen molar-refractivity contribution in [3.05, 3.63) is 77.9 Å². The van der Waals surface area contributed by atoms with E-state index in [4.69, 9.17) is 14.2 Å². The van der Waals surface area contributed by atoms with E-state index in [0.29, 0.717) is 46.0 Å². The minimum absolute atomic E-state index is 0.116. The molecule has 0 radical (unpaired) electrons. The number of hydrogen-bond acceptors (Lipinski definition) is 8. The number of carbonyl (C=O) groups excluding carboxylic acids is 3. The minimum atomic E-state index is -1.17. The molecule has 1 saturated heterocycles. The van der Waals surface area contributed by atoms with E-state index in [1.807, 2.05) is 18.2 Å². The first kappa shape index (κ1) is 28.7. The fraction of sp³-hybridized carbons (Fsp3) is 0.323. The molecule has 3 aromatic carbocycles. The molecular formula is C31H33N5O6. The number of carbonyl (C=O) groups is 3. The van der Waals surface area contributed by atoms with Gasteiger partial charge < -0.3 is 19.5 Å². The highest BCUT2D eigenvalue weighted by Gasteiger charge is 2.36. The number of ether oxygens (including phenoxy) is 3. The SMILES string of the molecule is COc1ccc([C@@H](C(=O)NC[C@@H]2CCCO2)N(C(=O)Cn2nnc3ccccc32)c2ccccc2C(C)=O)cc1OC. The fourth-order valence-corrected chi connectivity index (χ4v) is 5.19. The second-order valence-corrected chi connectivity index (χ2v) is 9.97. The second-order valence-electron chi connectivity index (χ2n) is 9.97. The van der Waals surface area contributed by atoms with Crippen molar-refractivity contribution < 1.29 is 28.6 Å². The van der Waals surface area contributed by atoms with Crippen LogP contribution in [0.2, 0.25) is 0 Å². The Labute approximate surface area is 243 Å². The van der Waals surface area contributed by atoms with E-state index < -0.39 is 17.9 Å². The number of aromatic nitrogens is 3. The Morgan fingerprint density at radius 3 is 2.55 bits per heavy atom. The smallest absolute Gasteiger partial charge is 0.249 e. The maximum Gasteiger partial charge on any atom is 0.249 e. The number of fused-ring (bicyclic) bond motifs is 1. The van der Waals surface area contributed by atoms with Crippen molar-refractivity contribution >= 4 is 34.3 Å². The lowest BCUT2D eigenvalue weighted by Gasteiger charge is -2.33. The van der Waals surface area contributed by atoms with Gasteiger partial charge in [0.15, 0.2) is 17.3 Å². The molecule has 2 atom stereocenters. The summed E-state index contributed by atoms with van der Waals surface area (Å²) in [4.78, 5) is 42.6. The van der Waals surface area contributed by atoms with Crippen LogP contribution in [0.1, 0.15) is 41.7 Å². The lowest BCUT2D eigenvalue weighted by molar-refractivity contribution is -0.127. The average molecular weight is 572 g/mol. The molecule has 0 aliphatic carbocycles. The number of amides is 2. The maximum absolute atomic E-state index is 14.4. The van der Waals surface area contributed by atoms with E-state index in [9.17, 15) is 14.4 Å². The summed E-state index contributed by atoms with van der Waals surface area (Å²) in [5.41, 5.74) is 2.36. The van der Waals surface area contributed by atoms with Crippen LogP contribution >= 0.6 is 0 Å². The van der Waals surface area contributed by atoms with Gasteiger partial charge in [-0.25, -0.2) is 4.68 Å². The summed E-state index contributed by atoms with van der Waals surface area (Å²) in [7, 11) is 3.02. The van der Waals surface area contributed by atoms with Crippen LogP contribution in [-0.2, 0) is 20.9 Å². The van der Waals surface area contributed by atoms with Crippen LogP contribution in [-0.4, -0.2) is 66.1 Å². The Morgan fingerprint density at radius 2 is 1.81 bits per heavy atom. The Hall–Kier alpha value is -4.77. The summed E-state index contributed by atoms with van der Waals surface area (Å²) < 4.78 is 18.1. The summed E-state index contributed by atoms with van der Waals surface area (Å²) in [5, 5.41) is 11.3. The summed E-state index contributed by atoms with van der Waals surface area (Å²) in [6.07, 6.45) is 1.63. The molecule has 4 aromatic rings. The van der Waals surface area contributed by atoms with Crippen LogP contribution in [0.4, 0.5) is 5.69 Å². The number of benzene rings is 3. The van der Waals surface area contributed by atoms with Crippen LogP contribution in [0.25, 0.3) is 11.0 Å². The molecule has 218 valence electrons. The number of rotatable bonds is 11. The third kappa shape index (κ3) is 5.96. The van der Waals surface area contributed by atoms with Crippen LogP contribution in [0.15, 0.2) is 66.7 Å². The maximum atomic E-state index is 14.4. The van der Waals surface area contributed by atoms with Gasteiger partial charge in [-0.05, 0) is 61.7 Å². The monoisotopic (exact) mass is 571 g/mol. The van der Waals surface area contributed by atoms with Gasteiger partial charge in [0, 0.05) is 18.7 Å². The predicted octanol–water partition coefficient (Wildman–Crippen LogP) is 3.72. The van der Waals surface area contributed by atoms with Gasteiger partial charge in [-0.3, -0.25) is 19.3 Å². The first-order valence-corrected chi connectivity index (χ1v) is 13.7. The number of para-hydroxylation sites is 2. The topological polar surface area (TPSA) is 125 Å². The molecule has 0 bridgehead atoms. The van der Waals surface area contributed by atoms with Crippen molar-refractivity contribution in [2.24, 2.45) is 0 Å². The molecule has 2 heterocycles. The van der Waals surface area contributed by atoms with Crippen LogP contribution in [0.5, 0.6) is 11.5 Å². The second kappa shape index (κ2) is 12.8. The molecule has 5 rings (SSSR count). The van der Waals surface area contributed by atoms with Crippen molar-refractivity contribution in [1.29, 1.82) is 0 Å². The van der Waals surface area contributed by atoms with E-state index in [-0.39, 0.29) is 25.0 Å². The van der Waals surface area contributed by atoms with Crippen molar-refractivity contribution in [2.75, 3.05) is 32.3 Å². The fourth-order valence-electron chi connectivity index (χ4n) is 5.19. The largest absolute Gasteiger partial charge is 0.493 e. The first-order chi connectivity index (χ1) is 20.4. The summed E-state index contributed by atoms with van der Waals surface area (Å²) in [6.45, 7) is 2.12. The van der Waals surface area contributed by atoms with E-state index >= 15 is 0 Å². The average Bonchev–Trinajstić information content (AvgIpc) is 3.68. The van der Waals surface area contributed by atoms with Crippen molar-refractivity contribution in [3.63, 3.8) is 0 Å². The molecule has 2 amide bonds. The van der Waals surface area contributed by atoms with E-state index in [1.54, 1.807) is 48.5 Å². The molecule has 42 heavy (non-hydrogen) atoms. The zero-order valence-corrected chi connectivity index (χ0v) is 23.8. The van der Waals surface area contributed by atoms with E-state index in [1.165, 1.54) is 30.7 Å². The Bertz CT molecular complexity index is 1600. The zero-order valence-electron chi connectivity index (χ0n) is 23.8. The van der Waals surface area contributed by atoms with Crippen molar-refractivity contribution in [2.45, 2.75) is 38.5 Å². The number of methoxy groups -OCH3 is 2. The number of ketones is 1. The van der Waals surface area contributed by atoms with Crippen LogP contribution < -0.4 is 19.7 Å². The summed E-state index contributed by atoms with van der Waals surface area (Å²) in [6, 6.07) is 17.9. The molecule has 1 N–H and O–H groups in total. The zero-order chi connectivity index (χ0) is 29.6. The highest BCUT2D eigenvalue weighted by molar-refractivity contribution is 6.08. The Kier molecular flexibility index (Phi) is 8.77. The number of anilines is 1. The molecule has 11 nitrogen and oxygen atoms in total. The molecular weight excluding hydrogens is 538 g/mol. The standard InChI is InChI=1S/C31H33N5O6/c1-20(37)23-10-4-6-12-25(23)36(29(38)19-35-26-13-7-5-11-24(26)33-34-35)30(31(39)32-18-22-9-8-16-42-22)21-14-15-27(40-2)28(17-21)41-3/h4-7,10-15,17,22,30H,8-9,16,18-19H2,1-3H3,(H,32,39)/t22-,30-/m0/s1. The van der Waals surface area contributed by atoms with E-state index in [2.05, 4.69) is 15.6 Å². The lowest BCUT2D eigenvalue weighted by atomic mass is 9.99. The normalized spacial score (nSPS) is 15.3. The van der Waals surface area contributed by atoms with Gasteiger partial charge in [-0.2, -0.15) is 0 Å². The van der Waals surface area contributed by atoms with Gasteiger partial charge in [0.2, 0.25) is 11.8 Å².